The largest absolute Gasteiger partial charge is 0.334 e. The molecule has 0 bridgehead atoms. The molecule has 1 aromatic carbocycles. The van der Waals surface area contributed by atoms with Gasteiger partial charge in [-0.3, -0.25) is 0 Å². The Morgan fingerprint density at radius 3 is 2.86 bits per heavy atom. The molecule has 2 N–H and O–H groups in total. The van der Waals surface area contributed by atoms with Gasteiger partial charge in [0.05, 0.1) is 5.52 Å². The maximum absolute atomic E-state index is 13.0. The van der Waals surface area contributed by atoms with E-state index < -0.39 is 0 Å². The number of aryl methyl sites for hydroxylation is 1. The second kappa shape index (κ2) is 3.26. The molecule has 0 fully saturated rings. The van der Waals surface area contributed by atoms with Gasteiger partial charge in [-0.15, -0.1) is 0 Å². The Balaban J connectivity index is 2.88. The third-order valence-electron chi connectivity index (χ3n) is 2.39. The molecule has 0 atom stereocenters. The van der Waals surface area contributed by atoms with Gasteiger partial charge in [-0.25, -0.2) is 4.39 Å². The highest BCUT2D eigenvalue weighted by molar-refractivity contribution is 6.32. The standard InChI is InChI=1S/C10H10ClFN2/c1-14-9-4-6(12)2-3-7(9)8(5-13)10(14)11/h2-4H,5,13H2,1H3. The van der Waals surface area contributed by atoms with Crippen LogP contribution in [0.2, 0.25) is 5.15 Å². The quantitative estimate of drug-likeness (QED) is 0.774. The minimum Gasteiger partial charge on any atom is -0.334 e. The molecular weight excluding hydrogens is 203 g/mol. The van der Waals surface area contributed by atoms with Crippen molar-refractivity contribution in [2.24, 2.45) is 12.8 Å². The molecular formula is C10H10ClFN2. The van der Waals surface area contributed by atoms with Gasteiger partial charge < -0.3 is 10.3 Å². The number of nitrogens with two attached hydrogens (primary N) is 1. The number of benzene rings is 1. The molecule has 0 saturated heterocycles. The number of hydrogen-bond donors (Lipinski definition) is 1. The monoisotopic (exact) mass is 212 g/mol. The lowest BCUT2D eigenvalue weighted by atomic mass is 10.2. The van der Waals surface area contributed by atoms with Crippen molar-refractivity contribution < 1.29 is 4.39 Å². The number of hydrogen-bond acceptors (Lipinski definition) is 1. The van der Waals surface area contributed by atoms with Crippen LogP contribution in [0.1, 0.15) is 5.56 Å². The van der Waals surface area contributed by atoms with E-state index in [9.17, 15) is 4.39 Å². The smallest absolute Gasteiger partial charge is 0.125 e. The Morgan fingerprint density at radius 1 is 1.50 bits per heavy atom. The molecule has 1 aromatic heterocycles. The van der Waals surface area contributed by atoms with E-state index in [-0.39, 0.29) is 5.82 Å². The maximum atomic E-state index is 13.0. The highest BCUT2D eigenvalue weighted by Gasteiger charge is 2.12. The summed E-state index contributed by atoms with van der Waals surface area (Å²) in [6, 6.07) is 4.58. The van der Waals surface area contributed by atoms with Crippen LogP contribution in [0.25, 0.3) is 10.9 Å². The number of halogens is 2. The highest BCUT2D eigenvalue weighted by Crippen LogP contribution is 2.28. The molecule has 0 aliphatic rings. The zero-order valence-electron chi connectivity index (χ0n) is 7.72. The van der Waals surface area contributed by atoms with E-state index in [0.717, 1.165) is 16.5 Å². The predicted octanol–water partition coefficient (Wildman–Crippen LogP) is 2.43. The molecule has 4 heteroatoms. The van der Waals surface area contributed by atoms with Gasteiger partial charge in [0.2, 0.25) is 0 Å². The Labute approximate surface area is 86.1 Å². The summed E-state index contributed by atoms with van der Waals surface area (Å²) in [6.45, 7) is 0.363. The van der Waals surface area contributed by atoms with E-state index >= 15 is 0 Å². The summed E-state index contributed by atoms with van der Waals surface area (Å²) in [5, 5.41) is 1.49. The molecule has 0 unspecified atom stereocenters. The SMILES string of the molecule is Cn1c(Cl)c(CN)c2ccc(F)cc21. The van der Waals surface area contributed by atoms with Gasteiger partial charge in [-0.05, 0) is 18.2 Å². The maximum Gasteiger partial charge on any atom is 0.125 e. The number of nitrogens with zero attached hydrogens (tertiary/aromatic N) is 1. The first-order chi connectivity index (χ1) is 6.65. The summed E-state index contributed by atoms with van der Waals surface area (Å²) >= 11 is 6.05. The summed E-state index contributed by atoms with van der Waals surface area (Å²) in [5.74, 6) is -0.265. The van der Waals surface area contributed by atoms with Gasteiger partial charge in [-0.2, -0.15) is 0 Å². The summed E-state index contributed by atoms with van der Waals surface area (Å²) in [7, 11) is 1.79. The van der Waals surface area contributed by atoms with E-state index in [0.29, 0.717) is 11.7 Å². The van der Waals surface area contributed by atoms with Crippen molar-refractivity contribution in [1.29, 1.82) is 0 Å². The second-order valence-corrected chi connectivity index (χ2v) is 3.55. The fraction of sp³-hybridized carbons (Fsp3) is 0.200. The van der Waals surface area contributed by atoms with E-state index in [1.165, 1.54) is 12.1 Å². The van der Waals surface area contributed by atoms with Crippen LogP contribution in [0.15, 0.2) is 18.2 Å². The van der Waals surface area contributed by atoms with E-state index in [4.69, 9.17) is 17.3 Å². The lowest BCUT2D eigenvalue weighted by Crippen LogP contribution is -1.96. The first-order valence-corrected chi connectivity index (χ1v) is 4.65. The van der Waals surface area contributed by atoms with Crippen LogP contribution in [0.4, 0.5) is 4.39 Å². The number of rotatable bonds is 1. The highest BCUT2D eigenvalue weighted by atomic mass is 35.5. The fourth-order valence-electron chi connectivity index (χ4n) is 1.65. The van der Waals surface area contributed by atoms with Crippen LogP contribution >= 0.6 is 11.6 Å². The summed E-state index contributed by atoms with van der Waals surface area (Å²) in [6.07, 6.45) is 0. The molecule has 0 amide bonds. The van der Waals surface area contributed by atoms with Gasteiger partial charge in [0.25, 0.3) is 0 Å². The fourth-order valence-corrected chi connectivity index (χ4v) is 1.92. The zero-order valence-corrected chi connectivity index (χ0v) is 8.48. The van der Waals surface area contributed by atoms with Crippen LogP contribution in [0.3, 0.4) is 0 Å². The van der Waals surface area contributed by atoms with Gasteiger partial charge in [-0.1, -0.05) is 11.6 Å². The summed E-state index contributed by atoms with van der Waals surface area (Å²) < 4.78 is 14.7. The van der Waals surface area contributed by atoms with Crippen molar-refractivity contribution in [3.8, 4) is 0 Å². The van der Waals surface area contributed by atoms with Crippen molar-refractivity contribution in [2.45, 2.75) is 6.54 Å². The molecule has 0 aliphatic carbocycles. The Morgan fingerprint density at radius 2 is 2.21 bits per heavy atom. The molecule has 2 nitrogen and oxygen atoms in total. The van der Waals surface area contributed by atoms with Crippen LogP contribution in [0, 0.1) is 5.82 Å². The zero-order chi connectivity index (χ0) is 10.3. The molecule has 74 valence electrons. The Kier molecular flexibility index (Phi) is 2.21. The van der Waals surface area contributed by atoms with Crippen LogP contribution in [0.5, 0.6) is 0 Å². The van der Waals surface area contributed by atoms with E-state index in [1.54, 1.807) is 17.7 Å². The molecule has 2 aromatic rings. The molecule has 0 saturated carbocycles. The Hall–Kier alpha value is -1.06. The van der Waals surface area contributed by atoms with Gasteiger partial charge in [0.15, 0.2) is 0 Å². The minimum atomic E-state index is -0.265. The summed E-state index contributed by atoms with van der Waals surface area (Å²) in [4.78, 5) is 0. The molecule has 1 heterocycles. The van der Waals surface area contributed by atoms with Crippen molar-refractivity contribution in [2.75, 3.05) is 0 Å². The van der Waals surface area contributed by atoms with E-state index in [1.807, 2.05) is 0 Å². The van der Waals surface area contributed by atoms with Crippen molar-refractivity contribution in [1.82, 2.24) is 4.57 Å². The number of aromatic nitrogens is 1. The molecule has 0 spiro atoms. The average molecular weight is 213 g/mol. The number of fused-ring (bicyclic) bond motifs is 1. The van der Waals surface area contributed by atoms with Gasteiger partial charge in [0.1, 0.15) is 11.0 Å². The van der Waals surface area contributed by atoms with Gasteiger partial charge >= 0.3 is 0 Å². The van der Waals surface area contributed by atoms with Crippen LogP contribution in [-0.4, -0.2) is 4.57 Å². The first kappa shape index (κ1) is 9.49. The normalized spacial score (nSPS) is 11.1. The lowest BCUT2D eigenvalue weighted by molar-refractivity contribution is 0.629. The molecule has 0 aliphatic heterocycles. The molecule has 0 radical (unpaired) electrons. The van der Waals surface area contributed by atoms with Crippen LogP contribution in [-0.2, 0) is 13.6 Å². The molecule has 2 rings (SSSR count). The average Bonchev–Trinajstić information content (AvgIpc) is 2.41. The lowest BCUT2D eigenvalue weighted by Gasteiger charge is -1.96. The topological polar surface area (TPSA) is 30.9 Å². The predicted molar refractivity (Wildman–Crippen MR) is 55.8 cm³/mol. The third-order valence-corrected chi connectivity index (χ3v) is 2.88. The van der Waals surface area contributed by atoms with Crippen molar-refractivity contribution in [3.05, 3.63) is 34.7 Å². The molecule has 14 heavy (non-hydrogen) atoms. The first-order valence-electron chi connectivity index (χ1n) is 4.27. The van der Waals surface area contributed by atoms with Gasteiger partial charge in [0, 0.05) is 24.5 Å². The van der Waals surface area contributed by atoms with Crippen molar-refractivity contribution >= 4 is 22.5 Å². The third kappa shape index (κ3) is 1.21. The Bertz CT molecular complexity index is 490. The van der Waals surface area contributed by atoms with Crippen molar-refractivity contribution in [3.63, 3.8) is 0 Å². The van der Waals surface area contributed by atoms with E-state index in [2.05, 4.69) is 0 Å². The second-order valence-electron chi connectivity index (χ2n) is 3.19. The minimum absolute atomic E-state index is 0.265. The summed E-state index contributed by atoms with van der Waals surface area (Å²) in [5.41, 5.74) is 7.22. The van der Waals surface area contributed by atoms with Crippen LogP contribution < -0.4 is 5.73 Å².